The van der Waals surface area contributed by atoms with E-state index in [4.69, 9.17) is 0 Å². The number of nitrogens with zero attached hydrogens (tertiary/aromatic N) is 1. The molecule has 1 heterocycles. The summed E-state index contributed by atoms with van der Waals surface area (Å²) in [4.78, 5) is 3.84. The first-order valence-electron chi connectivity index (χ1n) is 7.19. The summed E-state index contributed by atoms with van der Waals surface area (Å²) in [7, 11) is 0. The van der Waals surface area contributed by atoms with Crippen molar-refractivity contribution in [3.63, 3.8) is 0 Å². The lowest BCUT2D eigenvalue weighted by molar-refractivity contribution is 0.460. The predicted octanol–water partition coefficient (Wildman–Crippen LogP) is 3.68. The molecule has 1 aliphatic rings. The van der Waals surface area contributed by atoms with Gasteiger partial charge >= 0.3 is 0 Å². The third kappa shape index (κ3) is 2.59. The van der Waals surface area contributed by atoms with Crippen molar-refractivity contribution in [2.24, 2.45) is 5.92 Å². The molecule has 1 aromatic carbocycles. The van der Waals surface area contributed by atoms with Crippen LogP contribution in [0.2, 0.25) is 0 Å². The molecule has 1 saturated carbocycles. The molecule has 2 nitrogen and oxygen atoms in total. The second-order valence-corrected chi connectivity index (χ2v) is 5.35. The Hall–Kier alpha value is -1.74. The van der Waals surface area contributed by atoms with Gasteiger partial charge in [0, 0.05) is 17.8 Å². The Morgan fingerprint density at radius 1 is 1.30 bits per heavy atom. The molecule has 1 N–H and O–H groups in total. The SMILES string of the molecule is CCNC(c1ccncc1F)C1CC1c1ccccc1. The van der Waals surface area contributed by atoms with E-state index in [0.29, 0.717) is 11.8 Å². The van der Waals surface area contributed by atoms with E-state index >= 15 is 0 Å². The van der Waals surface area contributed by atoms with Gasteiger partial charge in [-0.05, 0) is 36.4 Å². The van der Waals surface area contributed by atoms with Crippen molar-refractivity contribution >= 4 is 0 Å². The molecule has 0 radical (unpaired) electrons. The van der Waals surface area contributed by atoms with Gasteiger partial charge in [-0.25, -0.2) is 4.39 Å². The van der Waals surface area contributed by atoms with Crippen LogP contribution in [-0.4, -0.2) is 11.5 Å². The molecule has 104 valence electrons. The predicted molar refractivity (Wildman–Crippen MR) is 77.9 cm³/mol. The van der Waals surface area contributed by atoms with Crippen LogP contribution in [0.15, 0.2) is 48.8 Å². The van der Waals surface area contributed by atoms with E-state index in [-0.39, 0.29) is 11.9 Å². The summed E-state index contributed by atoms with van der Waals surface area (Å²) >= 11 is 0. The number of benzene rings is 1. The maximum absolute atomic E-state index is 14.0. The summed E-state index contributed by atoms with van der Waals surface area (Å²) in [5, 5.41) is 3.43. The molecule has 1 aliphatic carbocycles. The third-order valence-corrected chi connectivity index (χ3v) is 4.06. The molecular weight excluding hydrogens is 251 g/mol. The van der Waals surface area contributed by atoms with Gasteiger partial charge in [-0.3, -0.25) is 4.98 Å². The Bertz CT molecular complexity index is 570. The van der Waals surface area contributed by atoms with Gasteiger partial charge in [-0.15, -0.1) is 0 Å². The van der Waals surface area contributed by atoms with Crippen LogP contribution < -0.4 is 5.32 Å². The third-order valence-electron chi connectivity index (χ3n) is 4.06. The van der Waals surface area contributed by atoms with E-state index in [0.717, 1.165) is 18.5 Å². The lowest BCUT2D eigenvalue weighted by atomic mass is 9.99. The van der Waals surface area contributed by atoms with Gasteiger partial charge in [0.2, 0.25) is 0 Å². The van der Waals surface area contributed by atoms with Crippen molar-refractivity contribution in [3.8, 4) is 0 Å². The zero-order valence-electron chi connectivity index (χ0n) is 11.6. The molecule has 3 rings (SSSR count). The van der Waals surface area contributed by atoms with Crippen molar-refractivity contribution in [2.75, 3.05) is 6.54 Å². The normalized spacial score (nSPS) is 22.5. The lowest BCUT2D eigenvalue weighted by Crippen LogP contribution is -2.24. The van der Waals surface area contributed by atoms with Gasteiger partial charge in [0.05, 0.1) is 6.20 Å². The summed E-state index contributed by atoms with van der Waals surface area (Å²) in [6.07, 6.45) is 4.09. The Labute approximate surface area is 119 Å². The maximum Gasteiger partial charge on any atom is 0.146 e. The number of hydrogen-bond donors (Lipinski definition) is 1. The fourth-order valence-electron chi connectivity index (χ4n) is 3.02. The first-order valence-corrected chi connectivity index (χ1v) is 7.19. The van der Waals surface area contributed by atoms with Gasteiger partial charge in [-0.2, -0.15) is 0 Å². The summed E-state index contributed by atoms with van der Waals surface area (Å²) < 4.78 is 14.0. The minimum atomic E-state index is -0.211. The average Bonchev–Trinajstić information content (AvgIpc) is 3.27. The van der Waals surface area contributed by atoms with Crippen molar-refractivity contribution in [2.45, 2.75) is 25.3 Å². The van der Waals surface area contributed by atoms with Crippen LogP contribution in [0.5, 0.6) is 0 Å². The van der Waals surface area contributed by atoms with Crippen LogP contribution in [0.1, 0.15) is 36.4 Å². The van der Waals surface area contributed by atoms with Crippen LogP contribution in [0.25, 0.3) is 0 Å². The maximum atomic E-state index is 14.0. The van der Waals surface area contributed by atoms with E-state index in [2.05, 4.69) is 41.5 Å². The van der Waals surface area contributed by atoms with E-state index in [1.165, 1.54) is 11.8 Å². The number of hydrogen-bond acceptors (Lipinski definition) is 2. The molecule has 3 atom stereocenters. The zero-order chi connectivity index (χ0) is 13.9. The van der Waals surface area contributed by atoms with E-state index in [9.17, 15) is 4.39 Å². The first-order chi connectivity index (χ1) is 9.81. The molecular formula is C17H19FN2. The molecule has 1 aromatic heterocycles. The second-order valence-electron chi connectivity index (χ2n) is 5.35. The van der Waals surface area contributed by atoms with Crippen LogP contribution in [0.4, 0.5) is 4.39 Å². The molecule has 1 fully saturated rings. The van der Waals surface area contributed by atoms with Crippen molar-refractivity contribution < 1.29 is 4.39 Å². The highest BCUT2D eigenvalue weighted by molar-refractivity contribution is 5.30. The van der Waals surface area contributed by atoms with Crippen LogP contribution >= 0.6 is 0 Å². The molecule has 3 heteroatoms. The van der Waals surface area contributed by atoms with Gasteiger partial charge in [-0.1, -0.05) is 37.3 Å². The Morgan fingerprint density at radius 2 is 2.10 bits per heavy atom. The zero-order valence-corrected chi connectivity index (χ0v) is 11.6. The minimum Gasteiger partial charge on any atom is -0.310 e. The first kappa shape index (κ1) is 13.3. The molecule has 0 aliphatic heterocycles. The highest BCUT2D eigenvalue weighted by atomic mass is 19.1. The van der Waals surface area contributed by atoms with E-state index in [1.807, 2.05) is 6.07 Å². The number of rotatable bonds is 5. The fraction of sp³-hybridized carbons (Fsp3) is 0.353. The van der Waals surface area contributed by atoms with E-state index < -0.39 is 0 Å². The minimum absolute atomic E-state index is 0.0770. The molecule has 0 saturated heterocycles. The molecule has 2 aromatic rings. The van der Waals surface area contributed by atoms with Gasteiger partial charge in [0.15, 0.2) is 0 Å². The van der Waals surface area contributed by atoms with E-state index in [1.54, 1.807) is 12.3 Å². The Kier molecular flexibility index (Phi) is 3.79. The summed E-state index contributed by atoms with van der Waals surface area (Å²) in [6, 6.07) is 12.4. The number of halogens is 1. The fourth-order valence-corrected chi connectivity index (χ4v) is 3.02. The molecule has 0 spiro atoms. The largest absolute Gasteiger partial charge is 0.310 e. The topological polar surface area (TPSA) is 24.9 Å². The molecule has 0 amide bonds. The summed E-state index contributed by atoms with van der Waals surface area (Å²) in [5.41, 5.74) is 2.10. The molecule has 0 bridgehead atoms. The monoisotopic (exact) mass is 270 g/mol. The van der Waals surface area contributed by atoms with Gasteiger partial charge in [0.1, 0.15) is 5.82 Å². The van der Waals surface area contributed by atoms with Crippen molar-refractivity contribution in [1.29, 1.82) is 0 Å². The Morgan fingerprint density at radius 3 is 2.80 bits per heavy atom. The molecule has 3 unspecified atom stereocenters. The average molecular weight is 270 g/mol. The van der Waals surface area contributed by atoms with Crippen molar-refractivity contribution in [3.05, 3.63) is 65.7 Å². The van der Waals surface area contributed by atoms with Crippen LogP contribution in [-0.2, 0) is 0 Å². The number of aromatic nitrogens is 1. The number of nitrogens with one attached hydrogen (secondary N) is 1. The summed E-state index contributed by atoms with van der Waals surface area (Å²) in [6.45, 7) is 2.90. The number of pyridine rings is 1. The smallest absolute Gasteiger partial charge is 0.146 e. The second kappa shape index (κ2) is 5.71. The standard InChI is InChI=1S/C17H19FN2/c1-2-20-17(13-8-9-19-11-16(13)18)15-10-14(15)12-6-4-3-5-7-12/h3-9,11,14-15,17,20H,2,10H2,1H3. The molecule has 20 heavy (non-hydrogen) atoms. The Balaban J connectivity index is 1.82. The summed E-state index contributed by atoms with van der Waals surface area (Å²) in [5.74, 6) is 0.791. The lowest BCUT2D eigenvalue weighted by Gasteiger charge is -2.19. The van der Waals surface area contributed by atoms with Crippen LogP contribution in [0.3, 0.4) is 0 Å². The van der Waals surface area contributed by atoms with Crippen LogP contribution in [0, 0.1) is 11.7 Å². The quantitative estimate of drug-likeness (QED) is 0.896. The van der Waals surface area contributed by atoms with Gasteiger partial charge in [0.25, 0.3) is 0 Å². The van der Waals surface area contributed by atoms with Gasteiger partial charge < -0.3 is 5.32 Å². The van der Waals surface area contributed by atoms with Crippen molar-refractivity contribution in [1.82, 2.24) is 10.3 Å². The highest BCUT2D eigenvalue weighted by Crippen LogP contribution is 2.54. The highest BCUT2D eigenvalue weighted by Gasteiger charge is 2.44.